The smallest absolute Gasteiger partial charge is 0.347 e. The lowest BCUT2D eigenvalue weighted by Gasteiger charge is -2.18. The summed E-state index contributed by atoms with van der Waals surface area (Å²) in [5.74, 6) is 0.288. The highest BCUT2D eigenvalue weighted by molar-refractivity contribution is 7.13. The summed E-state index contributed by atoms with van der Waals surface area (Å²) in [6.07, 6.45) is -0.0434. The molecule has 0 saturated carbocycles. The monoisotopic (exact) mass is 548 g/mol. The number of rotatable bonds is 12. The Balaban J connectivity index is 1.68. The topological polar surface area (TPSA) is 96.8 Å². The third-order valence-corrected chi connectivity index (χ3v) is 6.69. The first-order chi connectivity index (χ1) is 18.9. The molecule has 2 atom stereocenters. The van der Waals surface area contributed by atoms with Crippen molar-refractivity contribution in [1.82, 2.24) is 9.59 Å². The fourth-order valence-electron chi connectivity index (χ4n) is 4.00. The van der Waals surface area contributed by atoms with E-state index in [2.05, 4.69) is 9.59 Å². The van der Waals surface area contributed by atoms with Gasteiger partial charge in [0.05, 0.1) is 17.9 Å². The van der Waals surface area contributed by atoms with Crippen molar-refractivity contribution in [2.45, 2.75) is 52.7 Å². The Morgan fingerprint density at radius 1 is 0.718 bits per heavy atom. The van der Waals surface area contributed by atoms with Gasteiger partial charge in [-0.25, -0.2) is 9.59 Å². The molecule has 204 valence electrons. The predicted octanol–water partition coefficient (Wildman–Crippen LogP) is 6.47. The van der Waals surface area contributed by atoms with Crippen LogP contribution in [0.15, 0.2) is 60.7 Å². The van der Waals surface area contributed by atoms with Crippen molar-refractivity contribution in [3.05, 3.63) is 60.7 Å². The van der Waals surface area contributed by atoms with Crippen molar-refractivity contribution < 1.29 is 28.5 Å². The maximum atomic E-state index is 12.3. The van der Waals surface area contributed by atoms with E-state index in [4.69, 9.17) is 18.9 Å². The van der Waals surface area contributed by atoms with Crippen LogP contribution in [0, 0.1) is 0 Å². The summed E-state index contributed by atoms with van der Waals surface area (Å²) in [7, 11) is 0. The Hall–Kier alpha value is -3.98. The fraction of sp³-hybridized carbons (Fsp3) is 0.333. The van der Waals surface area contributed by atoms with E-state index in [0.29, 0.717) is 30.2 Å². The van der Waals surface area contributed by atoms with Gasteiger partial charge in [0.1, 0.15) is 17.0 Å². The normalized spacial score (nSPS) is 12.5. The number of para-hydroxylation sites is 2. The highest BCUT2D eigenvalue weighted by Crippen LogP contribution is 2.42. The standard InChI is InChI=1S/C30H32N2O6S/c1-5-17-35-29(33)19(3)37-25-13-9-7-11-21(25)23-15-16-24(28-27(23)31-32-39-28)22-12-8-10-14-26(22)38-20(4)30(34)36-18-6-2/h7-16,19-20H,5-6,17-18H2,1-4H3. The number of hydrogen-bond donors (Lipinski definition) is 0. The molecule has 8 nitrogen and oxygen atoms in total. The van der Waals surface area contributed by atoms with Crippen LogP contribution in [-0.4, -0.2) is 46.9 Å². The molecule has 3 aromatic carbocycles. The number of carbonyl (C=O) groups is 2. The number of carbonyl (C=O) groups excluding carboxylic acids is 2. The zero-order valence-corrected chi connectivity index (χ0v) is 23.3. The van der Waals surface area contributed by atoms with Crippen molar-refractivity contribution in [3.63, 3.8) is 0 Å². The van der Waals surface area contributed by atoms with Gasteiger partial charge < -0.3 is 18.9 Å². The van der Waals surface area contributed by atoms with Crippen molar-refractivity contribution in [1.29, 1.82) is 0 Å². The second-order valence-corrected chi connectivity index (χ2v) is 9.71. The second kappa shape index (κ2) is 13.2. The van der Waals surface area contributed by atoms with Gasteiger partial charge in [0.2, 0.25) is 0 Å². The summed E-state index contributed by atoms with van der Waals surface area (Å²) in [4.78, 5) is 24.6. The largest absolute Gasteiger partial charge is 0.478 e. The number of nitrogens with zero attached hydrogens (tertiary/aromatic N) is 2. The molecule has 0 aliphatic carbocycles. The molecule has 4 rings (SSSR count). The van der Waals surface area contributed by atoms with E-state index in [1.807, 2.05) is 74.5 Å². The van der Waals surface area contributed by atoms with E-state index in [0.717, 1.165) is 39.8 Å². The Morgan fingerprint density at radius 3 is 1.74 bits per heavy atom. The van der Waals surface area contributed by atoms with Gasteiger partial charge in [-0.05, 0) is 50.4 Å². The van der Waals surface area contributed by atoms with Crippen LogP contribution in [-0.2, 0) is 19.1 Å². The second-order valence-electron chi connectivity index (χ2n) is 8.96. The van der Waals surface area contributed by atoms with Gasteiger partial charge >= 0.3 is 11.9 Å². The van der Waals surface area contributed by atoms with Gasteiger partial charge in [0.25, 0.3) is 0 Å². The molecule has 0 spiro atoms. The molecule has 1 heterocycles. The lowest BCUT2D eigenvalue weighted by Crippen LogP contribution is -2.26. The zero-order valence-electron chi connectivity index (χ0n) is 22.5. The summed E-state index contributed by atoms with van der Waals surface area (Å²) in [6, 6.07) is 19.0. The average Bonchev–Trinajstić information content (AvgIpc) is 3.45. The zero-order chi connectivity index (χ0) is 27.8. The van der Waals surface area contributed by atoms with Crippen molar-refractivity contribution in [2.24, 2.45) is 0 Å². The molecule has 0 saturated heterocycles. The molecule has 4 aromatic rings. The molecule has 1 aromatic heterocycles. The van der Waals surface area contributed by atoms with Crippen LogP contribution >= 0.6 is 11.5 Å². The summed E-state index contributed by atoms with van der Waals surface area (Å²) in [6.45, 7) is 7.94. The molecule has 0 aliphatic heterocycles. The maximum absolute atomic E-state index is 12.3. The SMILES string of the molecule is CCCOC(=O)C(C)Oc1ccccc1-c1ccc(-c2ccccc2OC(C)C(=O)OCCC)c2snnc12. The summed E-state index contributed by atoms with van der Waals surface area (Å²) >= 11 is 1.27. The first kappa shape index (κ1) is 28.0. The van der Waals surface area contributed by atoms with Crippen molar-refractivity contribution in [3.8, 4) is 33.8 Å². The molecule has 2 unspecified atom stereocenters. The lowest BCUT2D eigenvalue weighted by molar-refractivity contribution is -0.151. The Kier molecular flexibility index (Phi) is 9.49. The third kappa shape index (κ3) is 6.54. The molecule has 0 fully saturated rings. The van der Waals surface area contributed by atoms with Crippen LogP contribution in [0.4, 0.5) is 0 Å². The number of esters is 2. The minimum absolute atomic E-state index is 0.352. The van der Waals surface area contributed by atoms with E-state index in [9.17, 15) is 9.59 Å². The molecule has 39 heavy (non-hydrogen) atoms. The van der Waals surface area contributed by atoms with Crippen LogP contribution in [0.2, 0.25) is 0 Å². The molecule has 0 bridgehead atoms. The Labute approximate surface area is 232 Å². The number of aromatic nitrogens is 2. The van der Waals surface area contributed by atoms with Crippen LogP contribution in [0.3, 0.4) is 0 Å². The van der Waals surface area contributed by atoms with Gasteiger partial charge in [-0.1, -0.05) is 66.9 Å². The van der Waals surface area contributed by atoms with Gasteiger partial charge in [0, 0.05) is 22.3 Å². The third-order valence-electron chi connectivity index (χ3n) is 5.93. The minimum Gasteiger partial charge on any atom is -0.478 e. The Morgan fingerprint density at radius 2 is 1.21 bits per heavy atom. The molecular formula is C30H32N2O6S. The van der Waals surface area contributed by atoms with E-state index < -0.39 is 24.1 Å². The summed E-state index contributed by atoms with van der Waals surface area (Å²) < 4.78 is 27.6. The number of benzene rings is 3. The quantitative estimate of drug-likeness (QED) is 0.186. The van der Waals surface area contributed by atoms with Crippen LogP contribution in [0.25, 0.3) is 32.5 Å². The van der Waals surface area contributed by atoms with Gasteiger partial charge in [-0.15, -0.1) is 5.10 Å². The highest BCUT2D eigenvalue weighted by Gasteiger charge is 2.22. The summed E-state index contributed by atoms with van der Waals surface area (Å²) in [5.41, 5.74) is 3.99. The average molecular weight is 549 g/mol. The number of ether oxygens (including phenoxy) is 4. The maximum Gasteiger partial charge on any atom is 0.347 e. The minimum atomic E-state index is -0.768. The van der Waals surface area contributed by atoms with Gasteiger partial charge in [-0.2, -0.15) is 0 Å². The molecule has 0 aliphatic rings. The number of fused-ring (bicyclic) bond motifs is 1. The van der Waals surface area contributed by atoms with E-state index in [1.54, 1.807) is 13.8 Å². The molecular weight excluding hydrogens is 516 g/mol. The predicted molar refractivity (Wildman–Crippen MR) is 151 cm³/mol. The van der Waals surface area contributed by atoms with Gasteiger partial charge in [-0.3, -0.25) is 0 Å². The molecule has 9 heteroatoms. The van der Waals surface area contributed by atoms with E-state index in [-0.39, 0.29) is 0 Å². The molecule has 0 amide bonds. The fourth-order valence-corrected chi connectivity index (χ4v) is 4.71. The molecule has 0 radical (unpaired) electrons. The van der Waals surface area contributed by atoms with E-state index >= 15 is 0 Å². The molecule has 0 N–H and O–H groups in total. The van der Waals surface area contributed by atoms with E-state index in [1.165, 1.54) is 11.5 Å². The van der Waals surface area contributed by atoms with Crippen LogP contribution in [0.1, 0.15) is 40.5 Å². The van der Waals surface area contributed by atoms with Crippen molar-refractivity contribution in [2.75, 3.05) is 13.2 Å². The van der Waals surface area contributed by atoms with Crippen LogP contribution in [0.5, 0.6) is 11.5 Å². The highest BCUT2D eigenvalue weighted by atomic mass is 32.1. The Bertz CT molecular complexity index is 1330. The lowest BCUT2D eigenvalue weighted by atomic mass is 9.98. The first-order valence-electron chi connectivity index (χ1n) is 13.0. The van der Waals surface area contributed by atoms with Gasteiger partial charge in [0.15, 0.2) is 12.2 Å². The van der Waals surface area contributed by atoms with Crippen molar-refractivity contribution >= 4 is 33.7 Å². The number of hydrogen-bond acceptors (Lipinski definition) is 9. The first-order valence-corrected chi connectivity index (χ1v) is 13.8. The summed E-state index contributed by atoms with van der Waals surface area (Å²) in [5, 5.41) is 4.44. The van der Waals surface area contributed by atoms with Crippen LogP contribution < -0.4 is 9.47 Å².